The summed E-state index contributed by atoms with van der Waals surface area (Å²) in [5, 5.41) is 21.5. The molecule has 23 heavy (non-hydrogen) atoms. The van der Waals surface area contributed by atoms with E-state index in [-0.39, 0.29) is 16.7 Å². The summed E-state index contributed by atoms with van der Waals surface area (Å²) < 4.78 is 0. The Balaban J connectivity index is 2.43. The van der Waals surface area contributed by atoms with Gasteiger partial charge in [-0.05, 0) is 38.1 Å². The zero-order valence-electron chi connectivity index (χ0n) is 13.1. The summed E-state index contributed by atoms with van der Waals surface area (Å²) in [7, 11) is 0. The van der Waals surface area contributed by atoms with Gasteiger partial charge in [-0.2, -0.15) is 0 Å². The number of carbonyl (C=O) groups is 2. The van der Waals surface area contributed by atoms with E-state index in [1.54, 1.807) is 18.2 Å². The Labute approximate surface area is 134 Å². The van der Waals surface area contributed by atoms with Crippen LogP contribution in [0.3, 0.4) is 0 Å². The third kappa shape index (κ3) is 3.34. The van der Waals surface area contributed by atoms with Gasteiger partial charge in [0.25, 0.3) is 0 Å². The van der Waals surface area contributed by atoms with E-state index in [0.29, 0.717) is 0 Å². The first kappa shape index (κ1) is 16.5. The van der Waals surface area contributed by atoms with Crippen molar-refractivity contribution in [2.45, 2.75) is 13.8 Å². The molecule has 5 nitrogen and oxygen atoms in total. The molecule has 0 amide bonds. The molecule has 0 aliphatic rings. The molecule has 2 rings (SSSR count). The van der Waals surface area contributed by atoms with Crippen molar-refractivity contribution in [2.24, 2.45) is 0 Å². The summed E-state index contributed by atoms with van der Waals surface area (Å²) in [6.45, 7) is 5.47. The van der Waals surface area contributed by atoms with E-state index in [2.05, 4.69) is 0 Å². The maximum Gasteiger partial charge on any atom is 0.336 e. The highest BCUT2D eigenvalue weighted by atomic mass is 16.4. The number of ketones is 1. The second-order valence-corrected chi connectivity index (χ2v) is 5.03. The zero-order chi connectivity index (χ0) is 17.0. The summed E-state index contributed by atoms with van der Waals surface area (Å²) in [6, 6.07) is 10.5. The number of hydrogen-bond acceptors (Lipinski definition) is 4. The molecule has 0 radical (unpaired) electrons. The first-order valence-corrected chi connectivity index (χ1v) is 7.42. The molecular formula is C18H18NO4-. The molecule has 0 saturated carbocycles. The fourth-order valence-electron chi connectivity index (χ4n) is 2.50. The molecule has 1 N–H and O–H groups in total. The fraction of sp³-hybridized carbons (Fsp3) is 0.222. The van der Waals surface area contributed by atoms with Crippen LogP contribution in [0.4, 0.5) is 5.69 Å². The molecule has 0 spiro atoms. The highest BCUT2D eigenvalue weighted by Gasteiger charge is 2.18. The van der Waals surface area contributed by atoms with E-state index >= 15 is 0 Å². The Morgan fingerprint density at radius 3 is 2.13 bits per heavy atom. The number of aromatic carboxylic acids is 1. The van der Waals surface area contributed by atoms with E-state index in [0.717, 1.165) is 18.8 Å². The third-order valence-electron chi connectivity index (χ3n) is 3.74. The highest BCUT2D eigenvalue weighted by Crippen LogP contribution is 2.25. The normalized spacial score (nSPS) is 10.3. The molecule has 0 bridgehead atoms. The topological polar surface area (TPSA) is 80.7 Å². The van der Waals surface area contributed by atoms with E-state index in [9.17, 15) is 19.8 Å². The number of benzene rings is 2. The zero-order valence-corrected chi connectivity index (χ0v) is 13.1. The van der Waals surface area contributed by atoms with Crippen LogP contribution in [-0.4, -0.2) is 29.9 Å². The Bertz CT molecular complexity index is 736. The van der Waals surface area contributed by atoms with E-state index in [4.69, 9.17) is 0 Å². The van der Waals surface area contributed by atoms with Crippen molar-refractivity contribution in [3.63, 3.8) is 0 Å². The average molecular weight is 312 g/mol. The van der Waals surface area contributed by atoms with E-state index in [1.165, 1.54) is 24.3 Å². The number of hydrogen-bond donors (Lipinski definition) is 1. The van der Waals surface area contributed by atoms with Crippen molar-refractivity contribution in [1.82, 2.24) is 0 Å². The molecule has 0 saturated heterocycles. The average Bonchev–Trinajstić information content (AvgIpc) is 2.55. The number of nitrogens with zero attached hydrogens (tertiary/aromatic N) is 1. The predicted molar refractivity (Wildman–Crippen MR) is 86.3 cm³/mol. The maximum atomic E-state index is 12.5. The van der Waals surface area contributed by atoms with Crippen molar-refractivity contribution in [3.8, 4) is 5.75 Å². The van der Waals surface area contributed by atoms with Crippen LogP contribution >= 0.6 is 0 Å². The largest absolute Gasteiger partial charge is 0.872 e. The van der Waals surface area contributed by atoms with Gasteiger partial charge in [0, 0.05) is 29.9 Å². The maximum absolute atomic E-state index is 12.5. The van der Waals surface area contributed by atoms with Crippen molar-refractivity contribution in [3.05, 3.63) is 59.2 Å². The van der Waals surface area contributed by atoms with Crippen LogP contribution in [0.5, 0.6) is 5.75 Å². The lowest BCUT2D eigenvalue weighted by Gasteiger charge is -2.24. The van der Waals surface area contributed by atoms with Crippen molar-refractivity contribution < 1.29 is 19.8 Å². The molecule has 0 aliphatic carbocycles. The van der Waals surface area contributed by atoms with E-state index in [1.807, 2.05) is 18.7 Å². The molecule has 5 heteroatoms. The molecule has 0 heterocycles. The van der Waals surface area contributed by atoms with Crippen LogP contribution in [-0.2, 0) is 0 Å². The minimum atomic E-state index is -1.19. The van der Waals surface area contributed by atoms with Crippen LogP contribution in [0.2, 0.25) is 0 Å². The lowest BCUT2D eigenvalue weighted by atomic mass is 9.97. The molecule has 2 aromatic carbocycles. The monoisotopic (exact) mass is 312 g/mol. The van der Waals surface area contributed by atoms with Crippen LogP contribution in [0.15, 0.2) is 42.5 Å². The molecule has 0 fully saturated rings. The van der Waals surface area contributed by atoms with Crippen molar-refractivity contribution in [2.75, 3.05) is 18.0 Å². The lowest BCUT2D eigenvalue weighted by molar-refractivity contribution is -0.268. The van der Waals surface area contributed by atoms with Gasteiger partial charge in [-0.1, -0.05) is 23.9 Å². The van der Waals surface area contributed by atoms with Gasteiger partial charge in [0.05, 0.1) is 5.56 Å². The van der Waals surface area contributed by atoms with Crippen molar-refractivity contribution >= 4 is 17.4 Å². The Kier molecular flexibility index (Phi) is 5.01. The van der Waals surface area contributed by atoms with Gasteiger partial charge in [0.2, 0.25) is 0 Å². The van der Waals surface area contributed by atoms with Crippen LogP contribution in [0, 0.1) is 0 Å². The number of carbonyl (C=O) groups excluding carboxylic acids is 1. The highest BCUT2D eigenvalue weighted by molar-refractivity contribution is 6.15. The standard InChI is InChI=1S/C18H19NO4/c1-3-19(4-2)12-9-10-15(16(20)11-12)17(21)13-7-5-6-8-14(13)18(22)23/h5-11,20H,3-4H2,1-2H3,(H,22,23)/p-1. The number of rotatable bonds is 6. The van der Waals surface area contributed by atoms with Gasteiger partial charge < -0.3 is 15.1 Å². The van der Waals surface area contributed by atoms with Crippen LogP contribution in [0.25, 0.3) is 0 Å². The van der Waals surface area contributed by atoms with Crippen LogP contribution < -0.4 is 10.0 Å². The van der Waals surface area contributed by atoms with Gasteiger partial charge in [-0.25, -0.2) is 4.79 Å². The Morgan fingerprint density at radius 1 is 1.00 bits per heavy atom. The number of carboxylic acid groups (broad SMARTS) is 1. The molecule has 120 valence electrons. The second kappa shape index (κ2) is 6.96. The predicted octanol–water partition coefficient (Wildman–Crippen LogP) is 2.54. The smallest absolute Gasteiger partial charge is 0.336 e. The molecule has 2 aromatic rings. The molecule has 0 atom stereocenters. The SMILES string of the molecule is CCN(CC)c1ccc(C(=O)c2ccccc2C(=O)O)c([O-])c1. The summed E-state index contributed by atoms with van der Waals surface area (Å²) in [4.78, 5) is 25.8. The summed E-state index contributed by atoms with van der Waals surface area (Å²) in [5.41, 5.74) is 0.648. The van der Waals surface area contributed by atoms with Gasteiger partial charge in [0.1, 0.15) is 0 Å². The second-order valence-electron chi connectivity index (χ2n) is 5.03. The first-order valence-electron chi connectivity index (χ1n) is 7.42. The van der Waals surface area contributed by atoms with Crippen molar-refractivity contribution in [1.29, 1.82) is 0 Å². The van der Waals surface area contributed by atoms with Gasteiger partial charge in [-0.15, -0.1) is 0 Å². The first-order chi connectivity index (χ1) is 11.0. The summed E-state index contributed by atoms with van der Waals surface area (Å²) >= 11 is 0. The molecule has 0 unspecified atom stereocenters. The third-order valence-corrected chi connectivity index (χ3v) is 3.74. The quantitative estimate of drug-likeness (QED) is 0.829. The Morgan fingerprint density at radius 2 is 1.61 bits per heavy atom. The van der Waals surface area contributed by atoms with Gasteiger partial charge in [0.15, 0.2) is 5.78 Å². The minimum Gasteiger partial charge on any atom is -0.872 e. The molecular weight excluding hydrogens is 294 g/mol. The van der Waals surface area contributed by atoms with E-state index < -0.39 is 17.5 Å². The fourth-order valence-corrected chi connectivity index (χ4v) is 2.50. The number of carboxylic acids is 1. The summed E-state index contributed by atoms with van der Waals surface area (Å²) in [6.07, 6.45) is 0. The minimum absolute atomic E-state index is 0.0189. The van der Waals surface area contributed by atoms with Crippen LogP contribution in [0.1, 0.15) is 40.1 Å². The Hall–Kier alpha value is -2.82. The lowest BCUT2D eigenvalue weighted by Crippen LogP contribution is -2.22. The molecule has 0 aromatic heterocycles. The van der Waals surface area contributed by atoms with Gasteiger partial charge >= 0.3 is 5.97 Å². The summed E-state index contributed by atoms with van der Waals surface area (Å²) in [5.74, 6) is -2.17. The van der Waals surface area contributed by atoms with Gasteiger partial charge in [-0.3, -0.25) is 4.79 Å². The number of anilines is 1. The molecule has 0 aliphatic heterocycles.